The molecule has 0 aliphatic heterocycles. The van der Waals surface area contributed by atoms with Crippen LogP contribution < -0.4 is 10.7 Å². The first-order chi connectivity index (χ1) is 10.7. The minimum Gasteiger partial charge on any atom is -0.286 e. The van der Waals surface area contributed by atoms with Gasteiger partial charge in [0.15, 0.2) is 0 Å². The van der Waals surface area contributed by atoms with Gasteiger partial charge in [-0.3, -0.25) is 5.73 Å². The molecule has 0 saturated carbocycles. The second-order valence-electron chi connectivity index (χ2n) is 5.13. The number of benzene rings is 2. The number of nitrogens with one attached hydrogen (secondary N) is 1. The highest BCUT2D eigenvalue weighted by atomic mass is 14.9. The predicted molar refractivity (Wildman–Crippen MR) is 87.7 cm³/mol. The number of hydrogen-bond acceptors (Lipinski definition) is 2. The van der Waals surface area contributed by atoms with E-state index in [-0.39, 0.29) is 0 Å². The van der Waals surface area contributed by atoms with Crippen molar-refractivity contribution in [3.8, 4) is 28.5 Å². The van der Waals surface area contributed by atoms with Gasteiger partial charge in [-0.1, -0.05) is 60.7 Å². The predicted octanol–water partition coefficient (Wildman–Crippen LogP) is 3.60. The van der Waals surface area contributed by atoms with Crippen molar-refractivity contribution in [3.05, 3.63) is 71.8 Å². The van der Waals surface area contributed by atoms with Crippen molar-refractivity contribution in [2.24, 2.45) is 0 Å². The van der Waals surface area contributed by atoms with E-state index in [4.69, 9.17) is 5.73 Å². The molecule has 2 aromatic carbocycles. The number of aromatic amines is 1. The van der Waals surface area contributed by atoms with Crippen molar-refractivity contribution in [1.82, 2.24) is 0 Å². The summed E-state index contributed by atoms with van der Waals surface area (Å²) in [6, 6.07) is 22.1. The van der Waals surface area contributed by atoms with Crippen molar-refractivity contribution in [3.63, 3.8) is 0 Å². The van der Waals surface area contributed by atoms with Gasteiger partial charge in [-0.2, -0.15) is 5.26 Å². The summed E-state index contributed by atoms with van der Waals surface area (Å²) >= 11 is 0. The number of hydrogen-bond donors (Lipinski definition) is 1. The third kappa shape index (κ3) is 2.32. The highest BCUT2D eigenvalue weighted by Gasteiger charge is 2.21. The topological polar surface area (TPSA) is 63.9 Å². The Morgan fingerprint density at radius 3 is 2.00 bits per heavy atom. The maximum absolute atomic E-state index is 9.50. The molecule has 1 heterocycles. The van der Waals surface area contributed by atoms with Gasteiger partial charge in [0.25, 0.3) is 5.82 Å². The number of nitrogens with two attached hydrogens (primary N) is 1. The summed E-state index contributed by atoms with van der Waals surface area (Å²) in [5.74, 6) is 0.394. The molecule has 3 rings (SSSR count). The number of H-pyrrole nitrogens is 1. The molecule has 106 valence electrons. The summed E-state index contributed by atoms with van der Waals surface area (Å²) in [6.07, 6.45) is 0. The lowest BCUT2D eigenvalue weighted by molar-refractivity contribution is -0.347. The van der Waals surface area contributed by atoms with E-state index in [2.05, 4.69) is 11.1 Å². The van der Waals surface area contributed by atoms with Crippen LogP contribution in [0, 0.1) is 18.3 Å². The van der Waals surface area contributed by atoms with E-state index in [0.717, 1.165) is 27.9 Å². The van der Waals surface area contributed by atoms with Gasteiger partial charge < -0.3 is 0 Å². The van der Waals surface area contributed by atoms with E-state index < -0.39 is 0 Å². The maximum Gasteiger partial charge on any atom is 0.289 e. The highest BCUT2D eigenvalue weighted by molar-refractivity contribution is 5.81. The lowest BCUT2D eigenvalue weighted by atomic mass is 9.93. The molecule has 0 amide bonds. The molecule has 3 heteroatoms. The number of nitriles is 1. The number of nitrogen functional groups attached to an aromatic ring is 1. The Balaban J connectivity index is 2.34. The second-order valence-corrected chi connectivity index (χ2v) is 5.13. The molecule has 0 atom stereocenters. The van der Waals surface area contributed by atoms with Crippen LogP contribution in [0.15, 0.2) is 60.7 Å². The number of nitrogens with zero attached hydrogens (tertiary/aromatic N) is 1. The smallest absolute Gasteiger partial charge is 0.286 e. The van der Waals surface area contributed by atoms with Crippen LogP contribution in [0.1, 0.15) is 11.1 Å². The van der Waals surface area contributed by atoms with Crippen molar-refractivity contribution >= 4 is 5.82 Å². The first kappa shape index (κ1) is 13.8. The average Bonchev–Trinajstić information content (AvgIpc) is 2.57. The van der Waals surface area contributed by atoms with Crippen LogP contribution in [-0.2, 0) is 0 Å². The van der Waals surface area contributed by atoms with Gasteiger partial charge in [-0.15, -0.1) is 0 Å². The molecule has 3 aromatic rings. The SMILES string of the molecule is Cc1c(-c2ccccc2)[nH+]c(N)c(C#N)c1-c1ccccc1. The summed E-state index contributed by atoms with van der Waals surface area (Å²) in [5, 5.41) is 9.50. The molecule has 0 saturated heterocycles. The third-order valence-electron chi connectivity index (χ3n) is 3.77. The quantitative estimate of drug-likeness (QED) is 0.782. The lowest BCUT2D eigenvalue weighted by Crippen LogP contribution is -2.18. The number of pyridine rings is 1. The van der Waals surface area contributed by atoms with E-state index in [1.54, 1.807) is 0 Å². The lowest BCUT2D eigenvalue weighted by Gasteiger charge is -2.12. The van der Waals surface area contributed by atoms with Gasteiger partial charge >= 0.3 is 0 Å². The molecular weight excluding hydrogens is 270 g/mol. The zero-order chi connectivity index (χ0) is 15.5. The first-order valence-corrected chi connectivity index (χ1v) is 7.08. The zero-order valence-corrected chi connectivity index (χ0v) is 12.3. The normalized spacial score (nSPS) is 10.2. The van der Waals surface area contributed by atoms with Crippen molar-refractivity contribution in [2.45, 2.75) is 6.92 Å². The van der Waals surface area contributed by atoms with E-state index in [1.807, 2.05) is 67.6 Å². The van der Waals surface area contributed by atoms with Crippen LogP contribution in [0.25, 0.3) is 22.4 Å². The Bertz CT molecular complexity index is 847. The van der Waals surface area contributed by atoms with E-state index in [1.165, 1.54) is 0 Å². The molecule has 3 N–H and O–H groups in total. The van der Waals surface area contributed by atoms with E-state index in [9.17, 15) is 5.26 Å². The van der Waals surface area contributed by atoms with Crippen molar-refractivity contribution in [1.29, 1.82) is 5.26 Å². The number of aromatic nitrogens is 1. The Labute approximate surface area is 129 Å². The molecule has 0 unspecified atom stereocenters. The van der Waals surface area contributed by atoms with E-state index >= 15 is 0 Å². The summed E-state index contributed by atoms with van der Waals surface area (Å²) in [6.45, 7) is 2.02. The van der Waals surface area contributed by atoms with Crippen molar-refractivity contribution in [2.75, 3.05) is 5.73 Å². The van der Waals surface area contributed by atoms with E-state index in [0.29, 0.717) is 11.4 Å². The molecule has 0 aliphatic rings. The Kier molecular flexibility index (Phi) is 3.59. The van der Waals surface area contributed by atoms with Crippen LogP contribution >= 0.6 is 0 Å². The van der Waals surface area contributed by atoms with Crippen LogP contribution in [0.3, 0.4) is 0 Å². The first-order valence-electron chi connectivity index (χ1n) is 7.08. The highest BCUT2D eigenvalue weighted by Crippen LogP contribution is 2.33. The summed E-state index contributed by atoms with van der Waals surface area (Å²) in [7, 11) is 0. The van der Waals surface area contributed by atoms with Crippen LogP contribution in [0.5, 0.6) is 0 Å². The van der Waals surface area contributed by atoms with Gasteiger partial charge in [0, 0.05) is 16.7 Å². The third-order valence-corrected chi connectivity index (χ3v) is 3.77. The Morgan fingerprint density at radius 2 is 1.45 bits per heavy atom. The van der Waals surface area contributed by atoms with Gasteiger partial charge in [-0.05, 0) is 12.5 Å². The number of rotatable bonds is 2. The molecule has 0 fully saturated rings. The fourth-order valence-electron chi connectivity index (χ4n) is 2.71. The van der Waals surface area contributed by atoms with Gasteiger partial charge in [0.2, 0.25) is 0 Å². The van der Waals surface area contributed by atoms with Crippen LogP contribution in [0.2, 0.25) is 0 Å². The van der Waals surface area contributed by atoms with Crippen molar-refractivity contribution < 1.29 is 4.98 Å². The molecule has 22 heavy (non-hydrogen) atoms. The largest absolute Gasteiger partial charge is 0.289 e. The fraction of sp³-hybridized carbons (Fsp3) is 0.0526. The molecule has 0 radical (unpaired) electrons. The van der Waals surface area contributed by atoms with Gasteiger partial charge in [0.1, 0.15) is 17.3 Å². The second kappa shape index (κ2) is 5.71. The summed E-state index contributed by atoms with van der Waals surface area (Å²) < 4.78 is 0. The molecule has 0 spiro atoms. The Hall–Kier alpha value is -3.12. The molecule has 1 aromatic heterocycles. The maximum atomic E-state index is 9.50. The Morgan fingerprint density at radius 1 is 0.909 bits per heavy atom. The molecular formula is C19H16N3+. The molecule has 0 aliphatic carbocycles. The van der Waals surface area contributed by atoms with Crippen LogP contribution in [0.4, 0.5) is 5.82 Å². The minimum atomic E-state index is 0.394. The standard InChI is InChI=1S/C19H15N3/c1-13-17(14-8-4-2-5-9-14)16(12-20)19(21)22-18(13)15-10-6-3-7-11-15/h2-11H,1H3,(H2,21,22)/p+1. The molecule has 0 bridgehead atoms. The molecule has 3 nitrogen and oxygen atoms in total. The van der Waals surface area contributed by atoms with Gasteiger partial charge in [0.05, 0.1) is 0 Å². The summed E-state index contributed by atoms with van der Waals surface area (Å²) in [5.41, 5.74) is 11.5. The van der Waals surface area contributed by atoms with Gasteiger partial charge in [-0.25, -0.2) is 4.98 Å². The average molecular weight is 286 g/mol. The van der Waals surface area contributed by atoms with Crippen LogP contribution in [-0.4, -0.2) is 0 Å². The number of anilines is 1. The monoisotopic (exact) mass is 286 g/mol. The summed E-state index contributed by atoms with van der Waals surface area (Å²) in [4.78, 5) is 3.18. The fourth-order valence-corrected chi connectivity index (χ4v) is 2.71. The zero-order valence-electron chi connectivity index (χ0n) is 12.3. The minimum absolute atomic E-state index is 0.394.